The summed E-state index contributed by atoms with van der Waals surface area (Å²) in [7, 11) is -2.84. The summed E-state index contributed by atoms with van der Waals surface area (Å²) in [5.74, 6) is 0.717. The van der Waals surface area contributed by atoms with Crippen LogP contribution < -0.4 is 5.32 Å². The largest absolute Gasteiger partial charge is 0.316 e. The second kappa shape index (κ2) is 6.77. The van der Waals surface area contributed by atoms with Gasteiger partial charge in [0.2, 0.25) is 0 Å². The highest BCUT2D eigenvalue weighted by Crippen LogP contribution is 2.17. The van der Waals surface area contributed by atoms with Gasteiger partial charge in [-0.25, -0.2) is 8.42 Å². The van der Waals surface area contributed by atoms with Crippen molar-refractivity contribution >= 4 is 9.84 Å². The predicted molar refractivity (Wildman–Crippen MR) is 72.1 cm³/mol. The van der Waals surface area contributed by atoms with Crippen LogP contribution in [0.25, 0.3) is 0 Å². The van der Waals surface area contributed by atoms with Crippen LogP contribution in [0.3, 0.4) is 0 Å². The summed E-state index contributed by atoms with van der Waals surface area (Å²) >= 11 is 0. The SMILES string of the molecule is CC(CCNCCS(C)(=O)=O)c1ccccc1. The maximum atomic E-state index is 10.9. The van der Waals surface area contributed by atoms with E-state index in [2.05, 4.69) is 24.4 Å². The average Bonchev–Trinajstić information content (AvgIpc) is 2.28. The van der Waals surface area contributed by atoms with Crippen molar-refractivity contribution in [2.75, 3.05) is 25.1 Å². The van der Waals surface area contributed by atoms with Crippen LogP contribution in [-0.2, 0) is 9.84 Å². The first-order valence-corrected chi connectivity index (χ1v) is 7.98. The molecular formula is C13H21NO2S. The van der Waals surface area contributed by atoms with Crippen molar-refractivity contribution in [1.29, 1.82) is 0 Å². The van der Waals surface area contributed by atoms with Gasteiger partial charge < -0.3 is 5.32 Å². The minimum atomic E-state index is -2.84. The van der Waals surface area contributed by atoms with Gasteiger partial charge in [0.15, 0.2) is 0 Å². The summed E-state index contributed by atoms with van der Waals surface area (Å²) in [6.45, 7) is 3.58. The summed E-state index contributed by atoms with van der Waals surface area (Å²) in [5, 5.41) is 3.16. The summed E-state index contributed by atoms with van der Waals surface area (Å²) in [6, 6.07) is 10.4. The summed E-state index contributed by atoms with van der Waals surface area (Å²) in [6.07, 6.45) is 2.29. The lowest BCUT2D eigenvalue weighted by Gasteiger charge is -2.12. The van der Waals surface area contributed by atoms with Gasteiger partial charge in [0.05, 0.1) is 5.75 Å². The number of hydrogen-bond acceptors (Lipinski definition) is 3. The van der Waals surface area contributed by atoms with E-state index in [1.54, 1.807) is 0 Å². The number of rotatable bonds is 7. The Labute approximate surface area is 104 Å². The van der Waals surface area contributed by atoms with Crippen LogP contribution in [-0.4, -0.2) is 33.5 Å². The van der Waals surface area contributed by atoms with Crippen molar-refractivity contribution in [1.82, 2.24) is 5.32 Å². The minimum absolute atomic E-state index is 0.215. The fraction of sp³-hybridized carbons (Fsp3) is 0.538. The fourth-order valence-electron chi connectivity index (χ4n) is 1.65. The number of sulfone groups is 1. The lowest BCUT2D eigenvalue weighted by Crippen LogP contribution is -2.24. The monoisotopic (exact) mass is 255 g/mol. The molecule has 0 aromatic heterocycles. The van der Waals surface area contributed by atoms with E-state index in [-0.39, 0.29) is 5.75 Å². The standard InChI is InChI=1S/C13H21NO2S/c1-12(13-6-4-3-5-7-13)8-9-14-10-11-17(2,15)16/h3-7,12,14H,8-11H2,1-2H3. The number of benzene rings is 1. The predicted octanol–water partition coefficient (Wildman–Crippen LogP) is 1.81. The van der Waals surface area contributed by atoms with E-state index in [9.17, 15) is 8.42 Å². The molecule has 1 unspecified atom stereocenters. The Morgan fingerprint density at radius 3 is 2.41 bits per heavy atom. The zero-order chi connectivity index (χ0) is 12.7. The van der Waals surface area contributed by atoms with Crippen molar-refractivity contribution in [2.45, 2.75) is 19.3 Å². The zero-order valence-electron chi connectivity index (χ0n) is 10.5. The Bertz CT molecular complexity index is 414. The molecule has 0 spiro atoms. The first kappa shape index (κ1) is 14.2. The number of hydrogen-bond donors (Lipinski definition) is 1. The van der Waals surface area contributed by atoms with E-state index in [0.717, 1.165) is 13.0 Å². The first-order chi connectivity index (χ1) is 7.99. The van der Waals surface area contributed by atoms with Gasteiger partial charge in [-0.1, -0.05) is 37.3 Å². The molecule has 1 aromatic carbocycles. The van der Waals surface area contributed by atoms with E-state index >= 15 is 0 Å². The van der Waals surface area contributed by atoms with Crippen molar-refractivity contribution in [3.8, 4) is 0 Å². The molecule has 4 heteroatoms. The van der Waals surface area contributed by atoms with Crippen LogP contribution in [0, 0.1) is 0 Å². The van der Waals surface area contributed by atoms with Crippen molar-refractivity contribution in [3.63, 3.8) is 0 Å². The van der Waals surface area contributed by atoms with Gasteiger partial charge in [0.25, 0.3) is 0 Å². The summed E-state index contributed by atoms with van der Waals surface area (Å²) in [5.41, 5.74) is 1.33. The quantitative estimate of drug-likeness (QED) is 0.756. The molecule has 0 amide bonds. The van der Waals surface area contributed by atoms with Crippen molar-refractivity contribution in [2.24, 2.45) is 0 Å². The lowest BCUT2D eigenvalue weighted by atomic mass is 9.98. The molecule has 0 fully saturated rings. The normalized spacial score (nSPS) is 13.5. The molecule has 0 heterocycles. The van der Waals surface area contributed by atoms with Gasteiger partial charge in [0, 0.05) is 12.8 Å². The molecule has 0 aliphatic carbocycles. The molecule has 1 N–H and O–H groups in total. The molecule has 0 saturated heterocycles. The Morgan fingerprint density at radius 2 is 1.82 bits per heavy atom. The maximum Gasteiger partial charge on any atom is 0.148 e. The van der Waals surface area contributed by atoms with Gasteiger partial charge >= 0.3 is 0 Å². The average molecular weight is 255 g/mol. The van der Waals surface area contributed by atoms with Crippen LogP contribution >= 0.6 is 0 Å². The molecule has 0 aliphatic heterocycles. The second-order valence-corrected chi connectivity index (χ2v) is 6.74. The molecule has 1 atom stereocenters. The van der Waals surface area contributed by atoms with Crippen LogP contribution in [0.2, 0.25) is 0 Å². The third-order valence-electron chi connectivity index (χ3n) is 2.77. The molecule has 3 nitrogen and oxygen atoms in total. The fourth-order valence-corrected chi connectivity index (χ4v) is 2.16. The highest BCUT2D eigenvalue weighted by atomic mass is 32.2. The third-order valence-corrected chi connectivity index (χ3v) is 3.72. The summed E-state index contributed by atoms with van der Waals surface area (Å²) < 4.78 is 21.8. The van der Waals surface area contributed by atoms with Gasteiger partial charge in [-0.3, -0.25) is 0 Å². The molecule has 1 rings (SSSR count). The Hall–Kier alpha value is -0.870. The van der Waals surface area contributed by atoms with Crippen LogP contribution in [0.15, 0.2) is 30.3 Å². The topological polar surface area (TPSA) is 46.2 Å². The lowest BCUT2D eigenvalue weighted by molar-refractivity contribution is 0.585. The molecule has 0 radical (unpaired) electrons. The van der Waals surface area contributed by atoms with Gasteiger partial charge in [0.1, 0.15) is 9.84 Å². The molecule has 96 valence electrons. The Balaban J connectivity index is 2.19. The van der Waals surface area contributed by atoms with Crippen LogP contribution in [0.5, 0.6) is 0 Å². The Morgan fingerprint density at radius 1 is 1.18 bits per heavy atom. The minimum Gasteiger partial charge on any atom is -0.316 e. The van der Waals surface area contributed by atoms with Gasteiger partial charge in [-0.15, -0.1) is 0 Å². The van der Waals surface area contributed by atoms with E-state index in [4.69, 9.17) is 0 Å². The molecular weight excluding hydrogens is 234 g/mol. The molecule has 0 bridgehead atoms. The second-order valence-electron chi connectivity index (χ2n) is 4.48. The van der Waals surface area contributed by atoms with E-state index in [1.165, 1.54) is 11.8 Å². The molecule has 0 saturated carbocycles. The smallest absolute Gasteiger partial charge is 0.148 e. The highest BCUT2D eigenvalue weighted by molar-refractivity contribution is 7.90. The molecule has 17 heavy (non-hydrogen) atoms. The third kappa shape index (κ3) is 6.44. The van der Waals surface area contributed by atoms with Crippen LogP contribution in [0.1, 0.15) is 24.8 Å². The van der Waals surface area contributed by atoms with Crippen molar-refractivity contribution < 1.29 is 8.42 Å². The summed E-state index contributed by atoms with van der Waals surface area (Å²) in [4.78, 5) is 0. The van der Waals surface area contributed by atoms with Crippen LogP contribution in [0.4, 0.5) is 0 Å². The van der Waals surface area contributed by atoms with Gasteiger partial charge in [-0.2, -0.15) is 0 Å². The van der Waals surface area contributed by atoms with E-state index < -0.39 is 9.84 Å². The van der Waals surface area contributed by atoms with Crippen molar-refractivity contribution in [3.05, 3.63) is 35.9 Å². The van der Waals surface area contributed by atoms with E-state index in [1.807, 2.05) is 18.2 Å². The van der Waals surface area contributed by atoms with E-state index in [0.29, 0.717) is 12.5 Å². The molecule has 0 aliphatic rings. The first-order valence-electron chi connectivity index (χ1n) is 5.92. The molecule has 1 aromatic rings. The maximum absolute atomic E-state index is 10.9. The highest BCUT2D eigenvalue weighted by Gasteiger charge is 2.05. The zero-order valence-corrected chi connectivity index (χ0v) is 11.3. The Kier molecular flexibility index (Phi) is 5.65. The number of nitrogens with one attached hydrogen (secondary N) is 1. The van der Waals surface area contributed by atoms with Gasteiger partial charge in [-0.05, 0) is 24.4 Å².